The van der Waals surface area contributed by atoms with Gasteiger partial charge in [-0.25, -0.2) is 0 Å². The highest BCUT2D eigenvalue weighted by atomic mass is 16.3. The number of rotatable bonds is 10. The summed E-state index contributed by atoms with van der Waals surface area (Å²) in [5.74, 6) is 0. The molecule has 0 bridgehead atoms. The Labute approximate surface area is 436 Å². The van der Waals surface area contributed by atoms with E-state index in [2.05, 4.69) is 289 Å². The Morgan fingerprint density at radius 3 is 1.36 bits per heavy atom. The number of nitrogens with zero attached hydrogens (tertiary/aromatic N) is 2. The summed E-state index contributed by atoms with van der Waals surface area (Å²) in [6.07, 6.45) is 0. The molecule has 0 radical (unpaired) electrons. The fourth-order valence-electron chi connectivity index (χ4n) is 11.2. The van der Waals surface area contributed by atoms with E-state index in [1.54, 1.807) is 0 Å². The van der Waals surface area contributed by atoms with Gasteiger partial charge in [-0.05, 0) is 111 Å². The summed E-state index contributed by atoms with van der Waals surface area (Å²) in [5, 5.41) is 4.78. The van der Waals surface area contributed by atoms with Crippen molar-refractivity contribution in [1.29, 1.82) is 0 Å². The third kappa shape index (κ3) is 7.86. The first-order chi connectivity index (χ1) is 37.2. The molecule has 0 unspecified atom stereocenters. The second kappa shape index (κ2) is 18.6. The van der Waals surface area contributed by atoms with Crippen LogP contribution in [0, 0.1) is 0 Å². The summed E-state index contributed by atoms with van der Waals surface area (Å²) >= 11 is 0. The molecule has 0 aliphatic heterocycles. The van der Waals surface area contributed by atoms with E-state index in [0.717, 1.165) is 89.2 Å². The Balaban J connectivity index is 0.815. The summed E-state index contributed by atoms with van der Waals surface area (Å²) in [5.41, 5.74) is 22.5. The van der Waals surface area contributed by atoms with Crippen molar-refractivity contribution < 1.29 is 4.42 Å². The summed E-state index contributed by atoms with van der Waals surface area (Å²) in [4.78, 5) is 2.39. The molecule has 2 aromatic heterocycles. The molecule has 0 aliphatic carbocycles. The SMILES string of the molecule is c1ccc(-c2ccc(-c3ccccc3N(c3ccc(-c4ccc(-c5ccccc5-n5c6ccccc6c6ccccc65)cc4)cc3)c3ccc(-c4cccc(-c5cccc6c5oc5ccccc56)c4)cc3)cc2)cc1. The molecule has 0 N–H and O–H groups in total. The van der Waals surface area contributed by atoms with Gasteiger partial charge in [-0.2, -0.15) is 0 Å². The van der Waals surface area contributed by atoms with Crippen molar-refractivity contribution in [2.45, 2.75) is 0 Å². The van der Waals surface area contributed by atoms with E-state index in [4.69, 9.17) is 4.42 Å². The van der Waals surface area contributed by atoms with Gasteiger partial charge in [0.1, 0.15) is 11.2 Å². The molecule has 3 nitrogen and oxygen atoms in total. The van der Waals surface area contributed by atoms with E-state index < -0.39 is 0 Å². The highest BCUT2D eigenvalue weighted by molar-refractivity contribution is 6.11. The average Bonchev–Trinajstić information content (AvgIpc) is 4.05. The Morgan fingerprint density at radius 2 is 0.693 bits per heavy atom. The zero-order valence-corrected chi connectivity index (χ0v) is 41.0. The van der Waals surface area contributed by atoms with E-state index in [-0.39, 0.29) is 0 Å². The third-order valence-corrected chi connectivity index (χ3v) is 14.9. The molecule has 14 rings (SSSR count). The first-order valence-corrected chi connectivity index (χ1v) is 25.6. The van der Waals surface area contributed by atoms with Gasteiger partial charge in [0.2, 0.25) is 0 Å². The van der Waals surface area contributed by atoms with Crippen LogP contribution in [-0.2, 0) is 0 Å². The van der Waals surface area contributed by atoms with E-state index >= 15 is 0 Å². The van der Waals surface area contributed by atoms with Crippen molar-refractivity contribution in [1.82, 2.24) is 4.57 Å². The maximum atomic E-state index is 6.46. The normalized spacial score (nSPS) is 11.5. The first-order valence-electron chi connectivity index (χ1n) is 25.6. The molecule has 0 aliphatic rings. The van der Waals surface area contributed by atoms with Gasteiger partial charge < -0.3 is 13.9 Å². The Bertz CT molecular complexity index is 4320. The molecule has 75 heavy (non-hydrogen) atoms. The van der Waals surface area contributed by atoms with Crippen LogP contribution in [0.2, 0.25) is 0 Å². The quantitative estimate of drug-likeness (QED) is 0.136. The van der Waals surface area contributed by atoms with Crippen molar-refractivity contribution >= 4 is 60.8 Å². The van der Waals surface area contributed by atoms with Gasteiger partial charge in [-0.15, -0.1) is 0 Å². The number of fused-ring (bicyclic) bond motifs is 6. The van der Waals surface area contributed by atoms with Crippen LogP contribution >= 0.6 is 0 Å². The maximum absolute atomic E-state index is 6.46. The number of furan rings is 1. The molecular weight excluding hydrogens is 909 g/mol. The third-order valence-electron chi connectivity index (χ3n) is 14.9. The molecule has 0 saturated carbocycles. The van der Waals surface area contributed by atoms with E-state index in [1.807, 2.05) is 12.1 Å². The molecule has 2 heterocycles. The van der Waals surface area contributed by atoms with Gasteiger partial charge in [0.25, 0.3) is 0 Å². The molecule has 0 saturated heterocycles. The smallest absolute Gasteiger partial charge is 0.143 e. The van der Waals surface area contributed by atoms with Crippen molar-refractivity contribution in [2.24, 2.45) is 0 Å². The molecular formula is C72H48N2O. The molecule has 12 aromatic carbocycles. The minimum Gasteiger partial charge on any atom is -0.455 e. The minimum absolute atomic E-state index is 0.903. The van der Waals surface area contributed by atoms with E-state index in [1.165, 1.54) is 44.1 Å². The highest BCUT2D eigenvalue weighted by Crippen LogP contribution is 2.44. The predicted molar refractivity (Wildman–Crippen MR) is 315 cm³/mol. The first kappa shape index (κ1) is 43.8. The van der Waals surface area contributed by atoms with Crippen LogP contribution in [0.15, 0.2) is 296 Å². The van der Waals surface area contributed by atoms with Crippen LogP contribution in [0.1, 0.15) is 0 Å². The summed E-state index contributed by atoms with van der Waals surface area (Å²) in [7, 11) is 0. The summed E-state index contributed by atoms with van der Waals surface area (Å²) < 4.78 is 8.87. The van der Waals surface area contributed by atoms with Crippen LogP contribution in [0.4, 0.5) is 17.1 Å². The largest absolute Gasteiger partial charge is 0.455 e. The fourth-order valence-corrected chi connectivity index (χ4v) is 11.2. The summed E-state index contributed by atoms with van der Waals surface area (Å²) in [6.45, 7) is 0. The molecule has 0 amide bonds. The van der Waals surface area contributed by atoms with Crippen LogP contribution in [0.5, 0.6) is 0 Å². The van der Waals surface area contributed by atoms with Crippen LogP contribution < -0.4 is 4.90 Å². The molecule has 0 spiro atoms. The number of hydrogen-bond donors (Lipinski definition) is 0. The lowest BCUT2D eigenvalue weighted by molar-refractivity contribution is 0.670. The molecule has 14 aromatic rings. The minimum atomic E-state index is 0.903. The monoisotopic (exact) mass is 956 g/mol. The Kier molecular flexibility index (Phi) is 10.8. The second-order valence-electron chi connectivity index (χ2n) is 19.2. The number of benzene rings is 12. The zero-order chi connectivity index (χ0) is 49.7. The summed E-state index contributed by atoms with van der Waals surface area (Å²) in [6, 6.07) is 105. The number of hydrogen-bond acceptors (Lipinski definition) is 2. The number of aromatic nitrogens is 1. The van der Waals surface area contributed by atoms with Crippen LogP contribution in [-0.4, -0.2) is 4.57 Å². The maximum Gasteiger partial charge on any atom is 0.143 e. The second-order valence-corrected chi connectivity index (χ2v) is 19.2. The average molecular weight is 957 g/mol. The lowest BCUT2D eigenvalue weighted by atomic mass is 9.96. The molecule has 0 fully saturated rings. The van der Waals surface area contributed by atoms with Crippen molar-refractivity contribution in [3.05, 3.63) is 291 Å². The van der Waals surface area contributed by atoms with Crippen LogP contribution in [0.25, 0.3) is 116 Å². The molecule has 0 atom stereocenters. The van der Waals surface area contributed by atoms with Crippen molar-refractivity contribution in [3.8, 4) is 72.4 Å². The van der Waals surface area contributed by atoms with Crippen LogP contribution in [0.3, 0.4) is 0 Å². The highest BCUT2D eigenvalue weighted by Gasteiger charge is 2.20. The van der Waals surface area contributed by atoms with Crippen molar-refractivity contribution in [2.75, 3.05) is 4.90 Å². The van der Waals surface area contributed by atoms with Gasteiger partial charge >= 0.3 is 0 Å². The Morgan fingerprint density at radius 1 is 0.267 bits per heavy atom. The molecule has 352 valence electrons. The van der Waals surface area contributed by atoms with Gasteiger partial charge in [0.05, 0.1) is 22.4 Å². The predicted octanol–water partition coefficient (Wildman–Crippen LogP) is 20.2. The molecule has 3 heteroatoms. The standard InChI is InChI=1S/C72H48N2O/c1-2-16-49(17-3-1)50-32-36-54(37-33-50)60-20-4-9-27-67(60)73(59-46-42-53(43-47-59)56-18-14-19-57(48-56)62-25-15-26-66-65-24-8-13-31-71(65)75-72(62)66)58-44-40-52(41-45-58)51-34-38-55(39-35-51)61-21-5-10-28-68(61)74-69-29-11-6-22-63(69)64-23-7-12-30-70(64)74/h1-48H. The van der Waals surface area contributed by atoms with Gasteiger partial charge in [-0.1, -0.05) is 231 Å². The fraction of sp³-hybridized carbons (Fsp3) is 0. The van der Waals surface area contributed by atoms with Gasteiger partial charge in [-0.3, -0.25) is 0 Å². The zero-order valence-electron chi connectivity index (χ0n) is 41.0. The van der Waals surface area contributed by atoms with Gasteiger partial charge in [0, 0.05) is 49.6 Å². The topological polar surface area (TPSA) is 21.3 Å². The lowest BCUT2D eigenvalue weighted by Crippen LogP contribution is -2.11. The number of anilines is 3. The Hall–Kier alpha value is -9.96. The van der Waals surface area contributed by atoms with Gasteiger partial charge in [0.15, 0.2) is 0 Å². The van der Waals surface area contributed by atoms with E-state index in [0.29, 0.717) is 0 Å². The van der Waals surface area contributed by atoms with E-state index in [9.17, 15) is 0 Å². The van der Waals surface area contributed by atoms with Crippen molar-refractivity contribution in [3.63, 3.8) is 0 Å². The lowest BCUT2D eigenvalue weighted by Gasteiger charge is -2.28. The number of para-hydroxylation sites is 6.